The van der Waals surface area contributed by atoms with Crippen molar-refractivity contribution >= 4 is 11.9 Å². The molecule has 2 rings (SSSR count). The molecule has 0 aliphatic carbocycles. The molecular weight excluding hydrogens is 242 g/mol. The van der Waals surface area contributed by atoms with Gasteiger partial charge in [-0.2, -0.15) is 15.0 Å². The Balaban J connectivity index is 2.43. The summed E-state index contributed by atoms with van der Waals surface area (Å²) in [7, 11) is 0. The van der Waals surface area contributed by atoms with Gasteiger partial charge in [-0.05, 0) is 20.8 Å². The predicted octanol–water partition coefficient (Wildman–Crippen LogP) is 1.34. The first-order valence-corrected chi connectivity index (χ1v) is 6.51. The Hall–Kier alpha value is -2.18. The monoisotopic (exact) mass is 261 g/mol. The molecule has 0 radical (unpaired) electrons. The van der Waals surface area contributed by atoms with Crippen molar-refractivity contribution in [2.75, 3.05) is 29.9 Å². The van der Waals surface area contributed by atoms with Gasteiger partial charge in [-0.15, -0.1) is 0 Å². The molecule has 0 aromatic carbocycles. The van der Waals surface area contributed by atoms with Crippen LogP contribution in [-0.4, -0.2) is 44.1 Å². The fourth-order valence-electron chi connectivity index (χ4n) is 1.73. The van der Waals surface area contributed by atoms with E-state index in [4.69, 9.17) is 0 Å². The Morgan fingerprint density at radius 3 is 2.53 bits per heavy atom. The maximum Gasteiger partial charge on any atom is 0.241 e. The predicted molar refractivity (Wildman–Crippen MR) is 74.7 cm³/mol. The van der Waals surface area contributed by atoms with Crippen LogP contribution < -0.4 is 10.2 Å². The molecule has 2 heterocycles. The van der Waals surface area contributed by atoms with Crippen molar-refractivity contribution in [1.82, 2.24) is 24.5 Å². The number of anilines is 2. The molecule has 0 unspecified atom stereocenters. The summed E-state index contributed by atoms with van der Waals surface area (Å²) in [4.78, 5) is 19.4. The van der Waals surface area contributed by atoms with Gasteiger partial charge in [-0.3, -0.25) is 4.57 Å². The average molecular weight is 261 g/mol. The Bertz CT molecular complexity index is 505. The standard InChI is InChI=1S/C12H19N7/c1-4-14-10-15-11(18(5-2)6-3)17-12(16-10)19-8-7-13-9-19/h7-9H,4-6H2,1-3H3,(H,14,15,16,17). The molecule has 0 fully saturated rings. The summed E-state index contributed by atoms with van der Waals surface area (Å²) in [6.07, 6.45) is 5.20. The molecule has 0 spiro atoms. The molecule has 0 aliphatic heterocycles. The highest BCUT2D eigenvalue weighted by molar-refractivity contribution is 5.39. The average Bonchev–Trinajstić information content (AvgIpc) is 2.94. The third-order valence-corrected chi connectivity index (χ3v) is 2.73. The highest BCUT2D eigenvalue weighted by Crippen LogP contribution is 2.12. The number of nitrogens with one attached hydrogen (secondary N) is 1. The Labute approximate surface area is 112 Å². The normalized spacial score (nSPS) is 10.5. The van der Waals surface area contributed by atoms with Gasteiger partial charge < -0.3 is 10.2 Å². The van der Waals surface area contributed by atoms with Crippen LogP contribution in [-0.2, 0) is 0 Å². The zero-order valence-corrected chi connectivity index (χ0v) is 11.5. The number of imidazole rings is 1. The van der Waals surface area contributed by atoms with Crippen LogP contribution in [0.25, 0.3) is 5.95 Å². The minimum Gasteiger partial charge on any atom is -0.354 e. The molecule has 2 aromatic heterocycles. The molecule has 102 valence electrons. The highest BCUT2D eigenvalue weighted by Gasteiger charge is 2.11. The van der Waals surface area contributed by atoms with E-state index in [0.29, 0.717) is 17.8 Å². The van der Waals surface area contributed by atoms with Crippen LogP contribution >= 0.6 is 0 Å². The van der Waals surface area contributed by atoms with Crippen molar-refractivity contribution in [3.8, 4) is 5.95 Å². The smallest absolute Gasteiger partial charge is 0.241 e. The first-order chi connectivity index (χ1) is 9.28. The minimum absolute atomic E-state index is 0.574. The van der Waals surface area contributed by atoms with Gasteiger partial charge in [0.25, 0.3) is 0 Å². The van der Waals surface area contributed by atoms with Gasteiger partial charge in [0.1, 0.15) is 6.33 Å². The molecule has 7 heteroatoms. The minimum atomic E-state index is 0.574. The fourth-order valence-corrected chi connectivity index (χ4v) is 1.73. The molecule has 0 saturated heterocycles. The van der Waals surface area contributed by atoms with E-state index in [-0.39, 0.29) is 0 Å². The summed E-state index contributed by atoms with van der Waals surface area (Å²) in [5.41, 5.74) is 0. The van der Waals surface area contributed by atoms with Crippen LogP contribution in [0, 0.1) is 0 Å². The van der Waals surface area contributed by atoms with Crippen molar-refractivity contribution in [1.29, 1.82) is 0 Å². The second-order valence-electron chi connectivity index (χ2n) is 3.93. The van der Waals surface area contributed by atoms with Gasteiger partial charge >= 0.3 is 0 Å². The molecule has 0 amide bonds. The number of hydrogen-bond acceptors (Lipinski definition) is 6. The van der Waals surface area contributed by atoms with E-state index in [2.05, 4.69) is 44.0 Å². The lowest BCUT2D eigenvalue weighted by Crippen LogP contribution is -2.25. The van der Waals surface area contributed by atoms with E-state index in [1.54, 1.807) is 17.1 Å². The Kier molecular flexibility index (Phi) is 4.27. The highest BCUT2D eigenvalue weighted by atomic mass is 15.3. The lowest BCUT2D eigenvalue weighted by molar-refractivity contribution is 0.794. The second kappa shape index (κ2) is 6.12. The van der Waals surface area contributed by atoms with E-state index >= 15 is 0 Å². The summed E-state index contributed by atoms with van der Waals surface area (Å²) >= 11 is 0. The van der Waals surface area contributed by atoms with Crippen molar-refractivity contribution in [3.05, 3.63) is 18.7 Å². The molecule has 19 heavy (non-hydrogen) atoms. The van der Waals surface area contributed by atoms with E-state index in [9.17, 15) is 0 Å². The lowest BCUT2D eigenvalue weighted by Gasteiger charge is -2.19. The van der Waals surface area contributed by atoms with Crippen molar-refractivity contribution in [2.24, 2.45) is 0 Å². The van der Waals surface area contributed by atoms with Crippen LogP contribution in [0.1, 0.15) is 20.8 Å². The summed E-state index contributed by atoms with van der Waals surface area (Å²) in [5, 5.41) is 3.13. The fraction of sp³-hybridized carbons (Fsp3) is 0.500. The van der Waals surface area contributed by atoms with Gasteiger partial charge in [0.2, 0.25) is 17.8 Å². The van der Waals surface area contributed by atoms with E-state index < -0.39 is 0 Å². The Morgan fingerprint density at radius 2 is 1.95 bits per heavy atom. The summed E-state index contributed by atoms with van der Waals surface area (Å²) < 4.78 is 1.77. The summed E-state index contributed by atoms with van der Waals surface area (Å²) in [6, 6.07) is 0. The van der Waals surface area contributed by atoms with Crippen molar-refractivity contribution in [2.45, 2.75) is 20.8 Å². The molecule has 1 N–H and O–H groups in total. The van der Waals surface area contributed by atoms with Gasteiger partial charge in [0.05, 0.1) is 0 Å². The van der Waals surface area contributed by atoms with Crippen molar-refractivity contribution < 1.29 is 0 Å². The molecule has 0 saturated carbocycles. The van der Waals surface area contributed by atoms with E-state index in [1.165, 1.54) is 0 Å². The first kappa shape index (κ1) is 13.3. The van der Waals surface area contributed by atoms with Crippen LogP contribution in [0.2, 0.25) is 0 Å². The van der Waals surface area contributed by atoms with Crippen LogP contribution in [0.15, 0.2) is 18.7 Å². The molecule has 0 atom stereocenters. The Morgan fingerprint density at radius 1 is 1.16 bits per heavy atom. The lowest BCUT2D eigenvalue weighted by atomic mass is 10.5. The summed E-state index contributed by atoms with van der Waals surface area (Å²) in [5.74, 6) is 1.84. The third-order valence-electron chi connectivity index (χ3n) is 2.73. The van der Waals surface area contributed by atoms with Gasteiger partial charge in [-0.1, -0.05) is 0 Å². The molecule has 7 nitrogen and oxygen atoms in total. The number of hydrogen-bond donors (Lipinski definition) is 1. The van der Waals surface area contributed by atoms with Crippen molar-refractivity contribution in [3.63, 3.8) is 0 Å². The van der Waals surface area contributed by atoms with Crippen LogP contribution in [0.5, 0.6) is 0 Å². The molecular formula is C12H19N7. The number of nitrogens with zero attached hydrogens (tertiary/aromatic N) is 6. The maximum atomic E-state index is 4.49. The summed E-state index contributed by atoms with van der Waals surface area (Å²) in [6.45, 7) is 8.65. The topological polar surface area (TPSA) is 71.8 Å². The quantitative estimate of drug-likeness (QED) is 0.846. The third kappa shape index (κ3) is 2.98. The molecule has 2 aromatic rings. The van der Waals surface area contributed by atoms with Gasteiger partial charge in [-0.25, -0.2) is 4.98 Å². The molecule has 0 aliphatic rings. The maximum absolute atomic E-state index is 4.49. The molecule has 0 bridgehead atoms. The van der Waals surface area contributed by atoms with Gasteiger partial charge in [0, 0.05) is 32.0 Å². The van der Waals surface area contributed by atoms with Gasteiger partial charge in [0.15, 0.2) is 0 Å². The number of rotatable bonds is 6. The first-order valence-electron chi connectivity index (χ1n) is 6.51. The zero-order valence-electron chi connectivity index (χ0n) is 11.5. The van der Waals surface area contributed by atoms with Crippen LogP contribution in [0.3, 0.4) is 0 Å². The second-order valence-corrected chi connectivity index (χ2v) is 3.93. The SMILES string of the molecule is CCNc1nc(N(CC)CC)nc(-n2ccnc2)n1. The van der Waals surface area contributed by atoms with E-state index in [1.807, 2.05) is 13.1 Å². The van der Waals surface area contributed by atoms with Crippen LogP contribution in [0.4, 0.5) is 11.9 Å². The number of aromatic nitrogens is 5. The largest absolute Gasteiger partial charge is 0.354 e. The zero-order chi connectivity index (χ0) is 13.7. The van der Waals surface area contributed by atoms with E-state index in [0.717, 1.165) is 19.6 Å².